The molecule has 0 saturated heterocycles. The van der Waals surface area contributed by atoms with Gasteiger partial charge >= 0.3 is 0 Å². The number of nitrogens with zero attached hydrogens (tertiary/aromatic N) is 1. The predicted molar refractivity (Wildman–Crippen MR) is 107 cm³/mol. The minimum Gasteiger partial charge on any atom is -0.352 e. The summed E-state index contributed by atoms with van der Waals surface area (Å²) in [6, 6.07) is -0.653. The Kier molecular flexibility index (Phi) is 8.81. The van der Waals surface area contributed by atoms with E-state index >= 15 is 0 Å². The fourth-order valence-corrected chi connectivity index (χ4v) is 2.91. The SMILES string of the molecule is C=CCN(O)C(=O)C[C@@H](CC(C)C)C(=O)N[C@@H](C(=O)NC1CC1)C(C)(C)S. The van der Waals surface area contributed by atoms with Gasteiger partial charge in [-0.1, -0.05) is 19.9 Å². The van der Waals surface area contributed by atoms with E-state index in [1.54, 1.807) is 13.8 Å². The molecule has 1 aliphatic carbocycles. The molecule has 0 aromatic heterocycles. The molecular formula is C19H33N3O4S. The average molecular weight is 400 g/mol. The first-order chi connectivity index (χ1) is 12.5. The number of hydroxylamine groups is 2. The van der Waals surface area contributed by atoms with Gasteiger partial charge in [-0.3, -0.25) is 19.6 Å². The first-order valence-corrected chi connectivity index (χ1v) is 9.83. The summed E-state index contributed by atoms with van der Waals surface area (Å²) in [5.74, 6) is -1.69. The lowest BCUT2D eigenvalue weighted by Crippen LogP contribution is -2.57. The molecule has 0 radical (unpaired) electrons. The molecule has 0 heterocycles. The van der Waals surface area contributed by atoms with Crippen LogP contribution in [0.25, 0.3) is 0 Å². The fraction of sp³-hybridized carbons (Fsp3) is 0.737. The second kappa shape index (κ2) is 10.1. The molecule has 1 fully saturated rings. The highest BCUT2D eigenvalue weighted by molar-refractivity contribution is 7.81. The van der Waals surface area contributed by atoms with E-state index in [9.17, 15) is 19.6 Å². The fourth-order valence-electron chi connectivity index (χ4n) is 2.73. The molecular weight excluding hydrogens is 366 g/mol. The number of carbonyl (C=O) groups excluding carboxylic acids is 3. The van der Waals surface area contributed by atoms with E-state index in [4.69, 9.17) is 0 Å². The first kappa shape index (κ1) is 23.5. The maximum Gasteiger partial charge on any atom is 0.247 e. The van der Waals surface area contributed by atoms with Crippen LogP contribution in [-0.2, 0) is 14.4 Å². The summed E-state index contributed by atoms with van der Waals surface area (Å²) in [7, 11) is 0. The maximum absolute atomic E-state index is 12.9. The Morgan fingerprint density at radius 1 is 1.30 bits per heavy atom. The van der Waals surface area contributed by atoms with E-state index in [2.05, 4.69) is 29.8 Å². The Labute approximate surface area is 167 Å². The molecule has 0 aromatic carbocycles. The highest BCUT2D eigenvalue weighted by Crippen LogP contribution is 2.24. The molecule has 27 heavy (non-hydrogen) atoms. The number of amides is 3. The summed E-state index contributed by atoms with van der Waals surface area (Å²) in [6.45, 7) is 10.9. The molecule has 2 atom stereocenters. The Balaban J connectivity index is 2.85. The monoisotopic (exact) mass is 399 g/mol. The zero-order valence-electron chi connectivity index (χ0n) is 16.7. The van der Waals surface area contributed by atoms with Gasteiger partial charge in [0.25, 0.3) is 0 Å². The molecule has 0 aromatic rings. The van der Waals surface area contributed by atoms with E-state index in [0.29, 0.717) is 11.5 Å². The van der Waals surface area contributed by atoms with Crippen molar-refractivity contribution in [2.24, 2.45) is 11.8 Å². The summed E-state index contributed by atoms with van der Waals surface area (Å²) in [5, 5.41) is 15.9. The summed E-state index contributed by atoms with van der Waals surface area (Å²) >= 11 is 4.47. The van der Waals surface area contributed by atoms with Gasteiger partial charge in [-0.25, -0.2) is 5.06 Å². The average Bonchev–Trinajstić information content (AvgIpc) is 3.33. The van der Waals surface area contributed by atoms with Crippen LogP contribution in [-0.4, -0.2) is 51.4 Å². The second-order valence-electron chi connectivity index (χ2n) is 8.17. The van der Waals surface area contributed by atoms with E-state index in [0.717, 1.165) is 12.8 Å². The summed E-state index contributed by atoms with van der Waals surface area (Å²) in [4.78, 5) is 37.5. The lowest BCUT2D eigenvalue weighted by molar-refractivity contribution is -0.165. The van der Waals surface area contributed by atoms with Gasteiger partial charge in [0.15, 0.2) is 0 Å². The Hall–Kier alpha value is -1.54. The molecule has 1 rings (SSSR count). The predicted octanol–water partition coefficient (Wildman–Crippen LogP) is 1.91. The molecule has 8 heteroatoms. The van der Waals surface area contributed by atoms with E-state index in [1.165, 1.54) is 6.08 Å². The lowest BCUT2D eigenvalue weighted by Gasteiger charge is -2.31. The smallest absolute Gasteiger partial charge is 0.247 e. The van der Waals surface area contributed by atoms with E-state index in [-0.39, 0.29) is 36.7 Å². The third-order valence-electron chi connectivity index (χ3n) is 4.32. The number of carbonyl (C=O) groups is 3. The molecule has 3 N–H and O–H groups in total. The van der Waals surface area contributed by atoms with Gasteiger partial charge in [0.1, 0.15) is 6.04 Å². The van der Waals surface area contributed by atoms with Gasteiger partial charge in [0.05, 0.1) is 6.54 Å². The number of thiol groups is 1. The highest BCUT2D eigenvalue weighted by atomic mass is 32.1. The van der Waals surface area contributed by atoms with Crippen LogP contribution in [0.3, 0.4) is 0 Å². The van der Waals surface area contributed by atoms with Gasteiger partial charge < -0.3 is 10.6 Å². The Morgan fingerprint density at radius 3 is 2.33 bits per heavy atom. The molecule has 0 bridgehead atoms. The highest BCUT2D eigenvalue weighted by Gasteiger charge is 2.38. The van der Waals surface area contributed by atoms with Crippen LogP contribution in [0.15, 0.2) is 12.7 Å². The molecule has 1 saturated carbocycles. The van der Waals surface area contributed by atoms with Gasteiger partial charge in [-0.15, -0.1) is 6.58 Å². The number of nitrogens with one attached hydrogen (secondary N) is 2. The molecule has 0 unspecified atom stereocenters. The van der Waals surface area contributed by atoms with E-state index in [1.807, 2.05) is 13.8 Å². The van der Waals surface area contributed by atoms with Crippen molar-refractivity contribution in [2.45, 2.75) is 70.2 Å². The third kappa shape index (κ3) is 8.34. The normalized spacial score (nSPS) is 16.4. The minimum atomic E-state index is -0.822. The largest absolute Gasteiger partial charge is 0.352 e. The molecule has 154 valence electrons. The van der Waals surface area contributed by atoms with Crippen molar-refractivity contribution >= 4 is 30.4 Å². The van der Waals surface area contributed by atoms with Gasteiger partial charge in [-0.2, -0.15) is 12.6 Å². The summed E-state index contributed by atoms with van der Waals surface area (Å²) in [5.41, 5.74) is 0. The van der Waals surface area contributed by atoms with Crippen LogP contribution in [0, 0.1) is 11.8 Å². The number of hydrogen-bond acceptors (Lipinski definition) is 5. The van der Waals surface area contributed by atoms with Crippen molar-refractivity contribution in [1.29, 1.82) is 0 Å². The maximum atomic E-state index is 12.9. The van der Waals surface area contributed by atoms with Crippen LogP contribution in [0.5, 0.6) is 0 Å². The number of rotatable bonds is 11. The molecule has 1 aliphatic rings. The molecule has 3 amide bonds. The summed E-state index contributed by atoms with van der Waals surface area (Å²) < 4.78 is -0.771. The topological polar surface area (TPSA) is 98.7 Å². The van der Waals surface area contributed by atoms with Crippen LogP contribution in [0.4, 0.5) is 0 Å². The van der Waals surface area contributed by atoms with Crippen molar-refractivity contribution in [1.82, 2.24) is 15.7 Å². The Morgan fingerprint density at radius 2 is 1.89 bits per heavy atom. The van der Waals surface area contributed by atoms with Crippen molar-refractivity contribution < 1.29 is 19.6 Å². The van der Waals surface area contributed by atoms with Crippen LogP contribution in [0.2, 0.25) is 0 Å². The van der Waals surface area contributed by atoms with Crippen molar-refractivity contribution in [3.05, 3.63) is 12.7 Å². The minimum absolute atomic E-state index is 0.00899. The van der Waals surface area contributed by atoms with Crippen molar-refractivity contribution in [3.8, 4) is 0 Å². The standard InChI is InChI=1S/C19H33N3O4S/c1-6-9-22(26)15(23)11-13(10-12(2)3)17(24)21-16(19(4,5)27)18(25)20-14-7-8-14/h6,12-14,16,26-27H,1,7-11H2,2-5H3,(H,20,25)(H,21,24)/t13-,16+/m1/s1. The van der Waals surface area contributed by atoms with Gasteiger partial charge in [0, 0.05) is 23.1 Å². The second-order valence-corrected chi connectivity index (χ2v) is 9.33. The summed E-state index contributed by atoms with van der Waals surface area (Å²) in [6.07, 6.45) is 3.61. The van der Waals surface area contributed by atoms with Crippen LogP contribution < -0.4 is 10.6 Å². The van der Waals surface area contributed by atoms with Crippen LogP contribution >= 0.6 is 12.6 Å². The van der Waals surface area contributed by atoms with Gasteiger partial charge in [0.2, 0.25) is 17.7 Å². The molecule has 0 spiro atoms. The van der Waals surface area contributed by atoms with Gasteiger partial charge in [-0.05, 0) is 39.0 Å². The van der Waals surface area contributed by atoms with Crippen LogP contribution in [0.1, 0.15) is 53.4 Å². The molecule has 7 nitrogen and oxygen atoms in total. The zero-order chi connectivity index (χ0) is 20.8. The van der Waals surface area contributed by atoms with Crippen molar-refractivity contribution in [2.75, 3.05) is 6.54 Å². The third-order valence-corrected chi connectivity index (χ3v) is 4.57. The Bertz CT molecular complexity index is 556. The lowest BCUT2D eigenvalue weighted by atomic mass is 9.91. The zero-order valence-corrected chi connectivity index (χ0v) is 17.6. The van der Waals surface area contributed by atoms with E-state index < -0.39 is 22.6 Å². The quantitative estimate of drug-likeness (QED) is 0.185. The number of hydrogen-bond donors (Lipinski definition) is 4. The van der Waals surface area contributed by atoms with Crippen molar-refractivity contribution in [3.63, 3.8) is 0 Å². The molecule has 0 aliphatic heterocycles. The first-order valence-electron chi connectivity index (χ1n) is 9.39.